The highest BCUT2D eigenvalue weighted by Gasteiger charge is 2.23. The van der Waals surface area contributed by atoms with Gasteiger partial charge in [0.15, 0.2) is 0 Å². The normalized spacial score (nSPS) is 11.2. The zero-order valence-electron chi connectivity index (χ0n) is 26.1. The molecule has 0 bridgehead atoms. The van der Waals surface area contributed by atoms with Gasteiger partial charge in [0.1, 0.15) is 5.60 Å². The monoisotopic (exact) mass is 546 g/mol. The van der Waals surface area contributed by atoms with E-state index in [0.29, 0.717) is 17.0 Å². The predicted octanol–water partition coefficient (Wildman–Crippen LogP) is 8.12. The Morgan fingerprint density at radius 1 is 0.725 bits per heavy atom. The van der Waals surface area contributed by atoms with Gasteiger partial charge in [0, 0.05) is 0 Å². The van der Waals surface area contributed by atoms with Crippen LogP contribution in [0.5, 0.6) is 0 Å². The molecule has 6 nitrogen and oxygen atoms in total. The minimum Gasteiger partial charge on any atom is -0.481 e. The molecule has 0 spiro atoms. The van der Waals surface area contributed by atoms with Crippen LogP contribution in [0.2, 0.25) is 0 Å². The first-order valence-electron chi connectivity index (χ1n) is 14.0. The molecule has 1 N–H and O–H groups in total. The third-order valence-electron chi connectivity index (χ3n) is 6.50. The van der Waals surface area contributed by atoms with Crippen molar-refractivity contribution in [3.63, 3.8) is 0 Å². The third-order valence-corrected chi connectivity index (χ3v) is 6.50. The van der Waals surface area contributed by atoms with Gasteiger partial charge in [-0.05, 0) is 90.0 Å². The molecule has 0 radical (unpaired) electrons. The SMILES string of the molecule is CC(C)c1ccc(C#N)c(C(C)C)c1CC(=O)O.CC(C)c1ccc(C#N)c(C(C)C)c1CC(=O)OC(C)(C)C. The van der Waals surface area contributed by atoms with Crippen molar-refractivity contribution >= 4 is 11.9 Å². The van der Waals surface area contributed by atoms with Crippen molar-refractivity contribution in [3.8, 4) is 12.1 Å². The molecule has 0 saturated heterocycles. The zero-order valence-corrected chi connectivity index (χ0v) is 26.1. The summed E-state index contributed by atoms with van der Waals surface area (Å²) >= 11 is 0. The molecule has 0 aliphatic heterocycles. The summed E-state index contributed by atoms with van der Waals surface area (Å²) in [7, 11) is 0. The number of ether oxygens (including phenoxy) is 1. The lowest BCUT2D eigenvalue weighted by Crippen LogP contribution is -2.25. The molecule has 0 unspecified atom stereocenters. The van der Waals surface area contributed by atoms with Gasteiger partial charge in [-0.15, -0.1) is 0 Å². The minimum absolute atomic E-state index is 0.0173. The molecule has 0 fully saturated rings. The maximum absolute atomic E-state index is 12.3. The van der Waals surface area contributed by atoms with Crippen molar-refractivity contribution in [3.05, 3.63) is 68.8 Å². The van der Waals surface area contributed by atoms with Crippen LogP contribution in [0.25, 0.3) is 0 Å². The molecule has 0 heterocycles. The Kier molecular flexibility index (Phi) is 12.6. The number of carboxylic acids is 1. The van der Waals surface area contributed by atoms with Gasteiger partial charge in [-0.25, -0.2) is 0 Å². The number of carbonyl (C=O) groups excluding carboxylic acids is 1. The molecule has 0 saturated carbocycles. The molecule has 2 aromatic carbocycles. The molecular formula is C34H46N2O4. The van der Waals surface area contributed by atoms with Crippen LogP contribution in [0, 0.1) is 22.7 Å². The van der Waals surface area contributed by atoms with Crippen molar-refractivity contribution in [1.82, 2.24) is 0 Å². The van der Waals surface area contributed by atoms with E-state index < -0.39 is 11.6 Å². The molecule has 0 amide bonds. The highest BCUT2D eigenvalue weighted by molar-refractivity contribution is 5.75. The number of carbonyl (C=O) groups is 2. The van der Waals surface area contributed by atoms with Crippen molar-refractivity contribution in [2.24, 2.45) is 0 Å². The van der Waals surface area contributed by atoms with Gasteiger partial charge < -0.3 is 9.84 Å². The van der Waals surface area contributed by atoms with Crippen LogP contribution < -0.4 is 0 Å². The summed E-state index contributed by atoms with van der Waals surface area (Å²) in [5.74, 6) is -0.217. The zero-order chi connectivity index (χ0) is 30.9. The summed E-state index contributed by atoms with van der Waals surface area (Å²) in [6, 6.07) is 11.9. The summed E-state index contributed by atoms with van der Waals surface area (Å²) in [4.78, 5) is 23.3. The molecule has 0 atom stereocenters. The summed E-state index contributed by atoms with van der Waals surface area (Å²) in [5.41, 5.74) is 6.51. The third kappa shape index (κ3) is 9.53. The highest BCUT2D eigenvalue weighted by Crippen LogP contribution is 2.32. The average molecular weight is 547 g/mol. The second-order valence-corrected chi connectivity index (χ2v) is 12.4. The van der Waals surface area contributed by atoms with Crippen LogP contribution in [0.4, 0.5) is 0 Å². The van der Waals surface area contributed by atoms with E-state index >= 15 is 0 Å². The Morgan fingerprint density at radius 2 is 1.10 bits per heavy atom. The smallest absolute Gasteiger partial charge is 0.310 e. The summed E-state index contributed by atoms with van der Waals surface area (Å²) in [6.45, 7) is 22.0. The van der Waals surface area contributed by atoms with Crippen LogP contribution in [0.1, 0.15) is 144 Å². The van der Waals surface area contributed by atoms with Crippen LogP contribution in [-0.2, 0) is 27.2 Å². The molecule has 2 rings (SSSR count). The fraction of sp³-hybridized carbons (Fsp3) is 0.529. The van der Waals surface area contributed by atoms with Crippen LogP contribution in [-0.4, -0.2) is 22.6 Å². The standard InChI is InChI=1S/C19H27NO2.C15H19NO2/c1-12(2)15-9-8-14(11-20)18(13(3)4)16(15)10-17(21)22-19(5,6)7;1-9(2)12-6-5-11(8-16)15(10(3)4)13(12)7-14(17)18/h8-9,12-13H,10H2,1-7H3;5-6,9-10H,7H2,1-4H3,(H,17,18). The van der Waals surface area contributed by atoms with Gasteiger partial charge in [0.25, 0.3) is 0 Å². The second kappa shape index (κ2) is 14.7. The minimum atomic E-state index is -0.853. The molecule has 0 aliphatic carbocycles. The number of benzene rings is 2. The second-order valence-electron chi connectivity index (χ2n) is 12.4. The van der Waals surface area contributed by atoms with E-state index in [2.05, 4.69) is 39.8 Å². The Labute approximate surface area is 241 Å². The van der Waals surface area contributed by atoms with Gasteiger partial charge in [0.2, 0.25) is 0 Å². The Balaban J connectivity index is 0.000000408. The predicted molar refractivity (Wildman–Crippen MR) is 160 cm³/mol. The molecule has 40 heavy (non-hydrogen) atoms. The van der Waals surface area contributed by atoms with E-state index in [1.165, 1.54) is 0 Å². The van der Waals surface area contributed by atoms with E-state index in [1.807, 2.05) is 66.7 Å². The number of hydrogen-bond donors (Lipinski definition) is 1. The number of nitrogens with zero attached hydrogens (tertiary/aromatic N) is 2. The molecule has 6 heteroatoms. The Morgan fingerprint density at radius 3 is 1.38 bits per heavy atom. The fourth-order valence-corrected chi connectivity index (χ4v) is 5.03. The lowest BCUT2D eigenvalue weighted by molar-refractivity contribution is -0.154. The molecule has 0 aromatic heterocycles. The summed E-state index contributed by atoms with van der Waals surface area (Å²) in [5, 5.41) is 27.6. The number of carboxylic acid groups (broad SMARTS) is 1. The largest absolute Gasteiger partial charge is 0.481 e. The number of rotatable bonds is 8. The number of aliphatic carboxylic acids is 1. The number of hydrogen-bond acceptors (Lipinski definition) is 5. The maximum atomic E-state index is 12.3. The molecular weight excluding hydrogens is 500 g/mol. The van der Waals surface area contributed by atoms with Crippen LogP contribution >= 0.6 is 0 Å². The first kappa shape index (κ1) is 34.4. The quantitative estimate of drug-likeness (QED) is 0.335. The average Bonchev–Trinajstić information content (AvgIpc) is 2.81. The highest BCUT2D eigenvalue weighted by atomic mass is 16.6. The van der Waals surface area contributed by atoms with Crippen molar-refractivity contribution in [1.29, 1.82) is 10.5 Å². The Bertz CT molecular complexity index is 1280. The van der Waals surface area contributed by atoms with Crippen LogP contribution in [0.3, 0.4) is 0 Å². The molecule has 216 valence electrons. The van der Waals surface area contributed by atoms with Crippen molar-refractivity contribution in [2.45, 2.75) is 118 Å². The van der Waals surface area contributed by atoms with E-state index in [9.17, 15) is 14.9 Å². The van der Waals surface area contributed by atoms with Gasteiger partial charge >= 0.3 is 11.9 Å². The van der Waals surface area contributed by atoms with E-state index in [-0.39, 0.29) is 36.6 Å². The summed E-state index contributed by atoms with van der Waals surface area (Å²) in [6.07, 6.45) is 0.199. The topological polar surface area (TPSA) is 111 Å². The number of esters is 1. The first-order valence-corrected chi connectivity index (χ1v) is 14.0. The molecule has 2 aromatic rings. The maximum Gasteiger partial charge on any atom is 0.310 e. The summed E-state index contributed by atoms with van der Waals surface area (Å²) < 4.78 is 5.46. The van der Waals surface area contributed by atoms with Gasteiger partial charge in [-0.3, -0.25) is 9.59 Å². The lowest BCUT2D eigenvalue weighted by Gasteiger charge is -2.23. The Hall–Kier alpha value is -3.64. The first-order chi connectivity index (χ1) is 18.4. The molecule has 0 aliphatic rings. The van der Waals surface area contributed by atoms with E-state index in [0.717, 1.165) is 33.4 Å². The van der Waals surface area contributed by atoms with Crippen molar-refractivity contribution in [2.75, 3.05) is 0 Å². The van der Waals surface area contributed by atoms with E-state index in [4.69, 9.17) is 15.1 Å². The lowest BCUT2D eigenvalue weighted by atomic mass is 9.84. The van der Waals surface area contributed by atoms with Gasteiger partial charge in [-0.1, -0.05) is 67.5 Å². The van der Waals surface area contributed by atoms with Crippen LogP contribution in [0.15, 0.2) is 24.3 Å². The number of nitriles is 2. The van der Waals surface area contributed by atoms with Crippen molar-refractivity contribution < 1.29 is 19.4 Å². The van der Waals surface area contributed by atoms with Gasteiger partial charge in [-0.2, -0.15) is 10.5 Å². The fourth-order valence-electron chi connectivity index (χ4n) is 5.03. The van der Waals surface area contributed by atoms with E-state index in [1.54, 1.807) is 6.07 Å². The van der Waals surface area contributed by atoms with Gasteiger partial charge in [0.05, 0.1) is 36.1 Å².